The number of methoxy groups -OCH3 is 2. The molecule has 0 N–H and O–H groups in total. The predicted molar refractivity (Wildman–Crippen MR) is 141 cm³/mol. The Labute approximate surface area is 210 Å². The Bertz CT molecular complexity index is 1410. The van der Waals surface area contributed by atoms with Gasteiger partial charge in [-0.05, 0) is 37.1 Å². The Morgan fingerprint density at radius 3 is 2.46 bits per heavy atom. The van der Waals surface area contributed by atoms with Gasteiger partial charge in [-0.1, -0.05) is 13.0 Å². The molecule has 8 nitrogen and oxygen atoms in total. The van der Waals surface area contributed by atoms with Crippen LogP contribution in [0.3, 0.4) is 0 Å². The second-order valence-corrected chi connectivity index (χ2v) is 12.4. The second-order valence-electron chi connectivity index (χ2n) is 9.38. The van der Waals surface area contributed by atoms with E-state index in [0.29, 0.717) is 43.1 Å². The van der Waals surface area contributed by atoms with Crippen LogP contribution in [0.5, 0.6) is 11.5 Å². The third kappa shape index (κ3) is 4.84. The van der Waals surface area contributed by atoms with Gasteiger partial charge in [-0.15, -0.1) is 11.3 Å². The third-order valence-corrected chi connectivity index (χ3v) is 9.50. The zero-order valence-electron chi connectivity index (χ0n) is 21.1. The first-order valence-electron chi connectivity index (χ1n) is 11.6. The fourth-order valence-corrected chi connectivity index (χ4v) is 7.56. The molecule has 0 bridgehead atoms. The number of hydrogen-bond donors (Lipinski definition) is 0. The molecule has 2 aromatic heterocycles. The summed E-state index contributed by atoms with van der Waals surface area (Å²) in [5.74, 6) is 1.28. The highest BCUT2D eigenvalue weighted by molar-refractivity contribution is 7.88. The maximum Gasteiger partial charge on any atom is 0.259 e. The standard InChI is InChI=1S/C25H33N3O5S2/c1-7-25(2)16-27(10-11-28(25)35(6,30)31)14-18-13-19-23(34-18)20(15-26(3)24(19)29)17-8-9-21(32-4)22(12-17)33-5/h8-9,12-13,15H,7,10-11,14,16H2,1-6H3/t25-/m1/s1. The predicted octanol–water partition coefficient (Wildman–Crippen LogP) is 3.53. The minimum absolute atomic E-state index is 0.0352. The SMILES string of the molecule is CC[C@]1(C)CN(Cc2cc3c(=O)n(C)cc(-c4ccc(OC)c(OC)c4)c3s2)CCN1S(C)(=O)=O. The minimum atomic E-state index is -3.27. The second kappa shape index (κ2) is 9.57. The molecule has 1 atom stereocenters. The minimum Gasteiger partial charge on any atom is -0.493 e. The summed E-state index contributed by atoms with van der Waals surface area (Å²) >= 11 is 1.61. The Morgan fingerprint density at radius 1 is 1.11 bits per heavy atom. The molecular formula is C25H33N3O5S2. The van der Waals surface area contributed by atoms with Gasteiger partial charge in [0.05, 0.1) is 25.9 Å². The van der Waals surface area contributed by atoms with Crippen molar-refractivity contribution < 1.29 is 17.9 Å². The van der Waals surface area contributed by atoms with Crippen molar-refractivity contribution in [2.24, 2.45) is 7.05 Å². The number of thiophene rings is 1. The summed E-state index contributed by atoms with van der Waals surface area (Å²) < 4.78 is 39.7. The van der Waals surface area contributed by atoms with Gasteiger partial charge in [-0.3, -0.25) is 9.69 Å². The number of rotatable bonds is 7. The molecule has 0 unspecified atom stereocenters. The molecule has 1 aliphatic rings. The summed E-state index contributed by atoms with van der Waals surface area (Å²) in [4.78, 5) is 16.3. The van der Waals surface area contributed by atoms with E-state index < -0.39 is 15.6 Å². The lowest BCUT2D eigenvalue weighted by atomic mass is 9.96. The first-order valence-corrected chi connectivity index (χ1v) is 14.2. The van der Waals surface area contributed by atoms with Crippen molar-refractivity contribution in [3.63, 3.8) is 0 Å². The molecule has 35 heavy (non-hydrogen) atoms. The van der Waals surface area contributed by atoms with Crippen LogP contribution in [0.1, 0.15) is 25.1 Å². The van der Waals surface area contributed by atoms with Gasteiger partial charge >= 0.3 is 0 Å². The number of aryl methyl sites for hydroxylation is 1. The van der Waals surface area contributed by atoms with E-state index in [-0.39, 0.29) is 5.56 Å². The van der Waals surface area contributed by atoms with Crippen LogP contribution in [0.15, 0.2) is 35.3 Å². The van der Waals surface area contributed by atoms with Crippen LogP contribution in [-0.2, 0) is 23.6 Å². The van der Waals surface area contributed by atoms with Gasteiger partial charge in [-0.2, -0.15) is 4.31 Å². The Morgan fingerprint density at radius 2 is 1.83 bits per heavy atom. The molecule has 1 saturated heterocycles. The lowest BCUT2D eigenvalue weighted by Crippen LogP contribution is -2.61. The van der Waals surface area contributed by atoms with E-state index in [4.69, 9.17) is 9.47 Å². The van der Waals surface area contributed by atoms with Crippen LogP contribution in [-0.4, -0.2) is 67.8 Å². The van der Waals surface area contributed by atoms with E-state index in [1.807, 2.05) is 44.3 Å². The molecule has 0 spiro atoms. The van der Waals surface area contributed by atoms with Crippen molar-refractivity contribution >= 4 is 31.4 Å². The quantitative estimate of drug-likeness (QED) is 0.475. The molecule has 0 aliphatic carbocycles. The summed E-state index contributed by atoms with van der Waals surface area (Å²) in [5.41, 5.74) is 1.41. The zero-order chi connectivity index (χ0) is 25.5. The number of hydrogen-bond acceptors (Lipinski definition) is 7. The van der Waals surface area contributed by atoms with Crippen LogP contribution >= 0.6 is 11.3 Å². The lowest BCUT2D eigenvalue weighted by Gasteiger charge is -2.47. The van der Waals surface area contributed by atoms with E-state index in [1.54, 1.807) is 41.5 Å². The highest BCUT2D eigenvalue weighted by Gasteiger charge is 2.41. The van der Waals surface area contributed by atoms with Gasteiger partial charge in [0.15, 0.2) is 11.5 Å². The topological polar surface area (TPSA) is 81.1 Å². The van der Waals surface area contributed by atoms with Crippen LogP contribution in [0, 0.1) is 0 Å². The zero-order valence-corrected chi connectivity index (χ0v) is 22.8. The Balaban J connectivity index is 1.70. The fourth-order valence-electron chi connectivity index (χ4n) is 4.94. The highest BCUT2D eigenvalue weighted by atomic mass is 32.2. The van der Waals surface area contributed by atoms with Crippen molar-refractivity contribution in [2.45, 2.75) is 32.4 Å². The average molecular weight is 520 g/mol. The average Bonchev–Trinajstić information content (AvgIpc) is 3.24. The first-order chi connectivity index (χ1) is 16.5. The van der Waals surface area contributed by atoms with Crippen molar-refractivity contribution in [1.29, 1.82) is 0 Å². The molecule has 3 aromatic rings. The monoisotopic (exact) mass is 519 g/mol. The van der Waals surface area contributed by atoms with E-state index in [2.05, 4.69) is 4.90 Å². The number of sulfonamides is 1. The molecule has 3 heterocycles. The summed E-state index contributed by atoms with van der Waals surface area (Å²) in [7, 11) is 1.70. The molecule has 1 aromatic carbocycles. The molecule has 10 heteroatoms. The summed E-state index contributed by atoms with van der Waals surface area (Å²) in [6.45, 7) is 6.47. The number of aromatic nitrogens is 1. The molecule has 0 amide bonds. The van der Waals surface area contributed by atoms with Crippen molar-refractivity contribution in [3.05, 3.63) is 45.7 Å². The van der Waals surface area contributed by atoms with Gasteiger partial charge in [0.25, 0.3) is 5.56 Å². The normalized spacial score (nSPS) is 19.8. The number of ether oxygens (including phenoxy) is 2. The molecule has 1 aliphatic heterocycles. The number of nitrogens with zero attached hydrogens (tertiary/aromatic N) is 3. The van der Waals surface area contributed by atoms with Crippen LogP contribution in [0.25, 0.3) is 21.2 Å². The van der Waals surface area contributed by atoms with Gasteiger partial charge in [0.1, 0.15) is 0 Å². The number of piperazine rings is 1. The molecule has 4 rings (SSSR count). The summed E-state index contributed by atoms with van der Waals surface area (Å²) in [6.07, 6.45) is 3.88. The number of benzene rings is 1. The highest BCUT2D eigenvalue weighted by Crippen LogP contribution is 2.38. The van der Waals surface area contributed by atoms with Crippen LogP contribution in [0.2, 0.25) is 0 Å². The molecular weight excluding hydrogens is 486 g/mol. The molecule has 0 saturated carbocycles. The largest absolute Gasteiger partial charge is 0.493 e. The van der Waals surface area contributed by atoms with Crippen molar-refractivity contribution in [3.8, 4) is 22.6 Å². The van der Waals surface area contributed by atoms with E-state index >= 15 is 0 Å². The van der Waals surface area contributed by atoms with E-state index in [9.17, 15) is 13.2 Å². The van der Waals surface area contributed by atoms with Gasteiger partial charge in [0, 0.05) is 60.1 Å². The van der Waals surface area contributed by atoms with Gasteiger partial charge < -0.3 is 14.0 Å². The van der Waals surface area contributed by atoms with Crippen molar-refractivity contribution in [2.75, 3.05) is 40.1 Å². The molecule has 190 valence electrons. The summed E-state index contributed by atoms with van der Waals surface area (Å²) in [5, 5.41) is 0.688. The van der Waals surface area contributed by atoms with E-state index in [1.165, 1.54) is 6.26 Å². The number of pyridine rings is 1. The lowest BCUT2D eigenvalue weighted by molar-refractivity contribution is 0.0625. The smallest absolute Gasteiger partial charge is 0.259 e. The van der Waals surface area contributed by atoms with Gasteiger partial charge in [0.2, 0.25) is 10.0 Å². The Kier molecular flexibility index (Phi) is 7.02. The molecule has 1 fully saturated rings. The third-order valence-electron chi connectivity index (χ3n) is 6.92. The van der Waals surface area contributed by atoms with Crippen LogP contribution in [0.4, 0.5) is 0 Å². The fraction of sp³-hybridized carbons (Fsp3) is 0.480. The summed E-state index contributed by atoms with van der Waals surface area (Å²) in [6, 6.07) is 7.75. The van der Waals surface area contributed by atoms with E-state index in [0.717, 1.165) is 27.1 Å². The van der Waals surface area contributed by atoms with Crippen LogP contribution < -0.4 is 15.0 Å². The molecule has 0 radical (unpaired) electrons. The van der Waals surface area contributed by atoms with Gasteiger partial charge in [-0.25, -0.2) is 8.42 Å². The maximum atomic E-state index is 13.0. The first kappa shape index (κ1) is 25.7. The number of fused-ring (bicyclic) bond motifs is 1. The van der Waals surface area contributed by atoms with Crippen molar-refractivity contribution in [1.82, 2.24) is 13.8 Å². The maximum absolute atomic E-state index is 13.0. The Hall–Kier alpha value is -2.40.